The molecule has 2 heterocycles. The first-order chi connectivity index (χ1) is 19.8. The van der Waals surface area contributed by atoms with Crippen LogP contribution in [0.2, 0.25) is 0 Å². The van der Waals surface area contributed by atoms with Crippen molar-refractivity contribution in [1.29, 1.82) is 0 Å². The lowest BCUT2D eigenvalue weighted by atomic mass is 9.59. The largest absolute Gasteiger partial charge is 0.371 e. The highest BCUT2D eigenvalue weighted by Gasteiger charge is 2.50. The highest BCUT2D eigenvalue weighted by atomic mass is 16.1. The van der Waals surface area contributed by atoms with E-state index in [9.17, 15) is 4.79 Å². The van der Waals surface area contributed by atoms with Crippen molar-refractivity contribution in [2.45, 2.75) is 70.5 Å². The molecule has 3 aliphatic rings. The van der Waals surface area contributed by atoms with Gasteiger partial charge in [-0.1, -0.05) is 68.4 Å². The molecule has 0 radical (unpaired) electrons. The van der Waals surface area contributed by atoms with Crippen molar-refractivity contribution in [3.63, 3.8) is 0 Å². The first kappa shape index (κ1) is 28.0. The summed E-state index contributed by atoms with van der Waals surface area (Å²) in [6.45, 7) is 12.6. The molecule has 1 spiro atoms. The molecule has 2 aliphatic heterocycles. The molecular weight excluding hydrogens is 504 g/mol. The monoisotopic (exact) mass is 550 g/mol. The lowest BCUT2D eigenvalue weighted by Crippen LogP contribution is -2.60. The number of hydrogen-bond acceptors (Lipinski definition) is 4. The summed E-state index contributed by atoms with van der Waals surface area (Å²) in [7, 11) is 0. The highest BCUT2D eigenvalue weighted by Crippen LogP contribution is 2.53. The van der Waals surface area contributed by atoms with Crippen molar-refractivity contribution in [3.8, 4) is 0 Å². The van der Waals surface area contributed by atoms with Gasteiger partial charge in [0.2, 0.25) is 5.91 Å². The lowest BCUT2D eigenvalue weighted by molar-refractivity contribution is -0.0668. The van der Waals surface area contributed by atoms with Gasteiger partial charge in [0.1, 0.15) is 0 Å². The van der Waals surface area contributed by atoms with E-state index in [0.29, 0.717) is 35.0 Å². The molecule has 0 aromatic heterocycles. The zero-order chi connectivity index (χ0) is 28.6. The van der Waals surface area contributed by atoms with Gasteiger partial charge in [-0.2, -0.15) is 0 Å². The van der Waals surface area contributed by atoms with Crippen LogP contribution in [0, 0.1) is 5.41 Å². The fourth-order valence-electron chi connectivity index (χ4n) is 7.82. The standard InChI is InChI=1S/C36H46N4O/c1-26(2)32-11-7-8-12-33(32)34-25-39(27(3)28-9-5-4-6-10-28)21-22-40(34)31-23-36(24-31)17-19-38(20-18-36)30-15-13-29(14-16-30)35(37)41/h4-16,26-27,31,34H,17-25H2,1-3H3,(H2,37,41). The van der Waals surface area contributed by atoms with E-state index in [-0.39, 0.29) is 5.91 Å². The minimum atomic E-state index is -0.362. The molecule has 41 heavy (non-hydrogen) atoms. The molecule has 216 valence electrons. The summed E-state index contributed by atoms with van der Waals surface area (Å²) in [5.41, 5.74) is 12.1. The van der Waals surface area contributed by atoms with Crippen molar-refractivity contribution < 1.29 is 4.79 Å². The second-order valence-corrected chi connectivity index (χ2v) is 13.1. The van der Waals surface area contributed by atoms with Crippen LogP contribution >= 0.6 is 0 Å². The molecule has 2 N–H and O–H groups in total. The van der Waals surface area contributed by atoms with Gasteiger partial charge in [-0.15, -0.1) is 0 Å². The van der Waals surface area contributed by atoms with Gasteiger partial charge in [-0.25, -0.2) is 0 Å². The van der Waals surface area contributed by atoms with E-state index in [0.717, 1.165) is 32.7 Å². The van der Waals surface area contributed by atoms with Crippen LogP contribution in [0.4, 0.5) is 5.69 Å². The van der Waals surface area contributed by atoms with E-state index >= 15 is 0 Å². The SMILES string of the molecule is CC(C)c1ccccc1C1CN(C(C)c2ccccc2)CCN1C1CC2(CCN(c3ccc(C(N)=O)cc3)CC2)C1. The van der Waals surface area contributed by atoms with Crippen molar-refractivity contribution >= 4 is 11.6 Å². The lowest BCUT2D eigenvalue weighted by Gasteiger charge is -2.58. The maximum atomic E-state index is 11.5. The molecule has 3 aromatic rings. The van der Waals surface area contributed by atoms with Crippen LogP contribution in [0.1, 0.15) is 91.5 Å². The van der Waals surface area contributed by atoms with E-state index in [2.05, 4.69) is 90.1 Å². The Kier molecular flexibility index (Phi) is 7.93. The molecule has 3 fully saturated rings. The van der Waals surface area contributed by atoms with Crippen molar-refractivity contribution in [1.82, 2.24) is 9.80 Å². The fraction of sp³-hybridized carbons (Fsp3) is 0.472. The van der Waals surface area contributed by atoms with Crippen molar-refractivity contribution in [2.24, 2.45) is 11.1 Å². The zero-order valence-electron chi connectivity index (χ0n) is 25.0. The molecule has 3 aromatic carbocycles. The zero-order valence-corrected chi connectivity index (χ0v) is 25.0. The maximum absolute atomic E-state index is 11.5. The third-order valence-electron chi connectivity index (χ3n) is 10.4. The Morgan fingerprint density at radius 3 is 2.15 bits per heavy atom. The van der Waals surface area contributed by atoms with Gasteiger partial charge in [-0.05, 0) is 84.9 Å². The van der Waals surface area contributed by atoms with E-state index < -0.39 is 0 Å². The minimum Gasteiger partial charge on any atom is -0.371 e. The number of hydrogen-bond donors (Lipinski definition) is 1. The van der Waals surface area contributed by atoms with Crippen LogP contribution in [0.3, 0.4) is 0 Å². The molecular formula is C36H46N4O. The van der Waals surface area contributed by atoms with Gasteiger partial charge in [0, 0.05) is 62.1 Å². The highest BCUT2D eigenvalue weighted by molar-refractivity contribution is 5.93. The van der Waals surface area contributed by atoms with Crippen LogP contribution in [0.25, 0.3) is 0 Å². The molecule has 2 saturated heterocycles. The second-order valence-electron chi connectivity index (χ2n) is 13.1. The predicted molar refractivity (Wildman–Crippen MR) is 168 cm³/mol. The van der Waals surface area contributed by atoms with E-state index in [4.69, 9.17) is 5.73 Å². The summed E-state index contributed by atoms with van der Waals surface area (Å²) in [6.07, 6.45) is 5.13. The summed E-state index contributed by atoms with van der Waals surface area (Å²) in [6, 6.07) is 29.6. The summed E-state index contributed by atoms with van der Waals surface area (Å²) in [5.74, 6) is 0.156. The number of anilines is 1. The van der Waals surface area contributed by atoms with Gasteiger partial charge in [-0.3, -0.25) is 14.6 Å². The van der Waals surface area contributed by atoms with Crippen LogP contribution in [0.5, 0.6) is 0 Å². The Morgan fingerprint density at radius 2 is 1.49 bits per heavy atom. The van der Waals surface area contributed by atoms with Crippen LogP contribution in [0.15, 0.2) is 78.9 Å². The van der Waals surface area contributed by atoms with Gasteiger partial charge in [0.05, 0.1) is 0 Å². The number of piperidine rings is 1. The molecule has 2 unspecified atom stereocenters. The topological polar surface area (TPSA) is 52.8 Å². The predicted octanol–water partition coefficient (Wildman–Crippen LogP) is 6.78. The Balaban J connectivity index is 1.15. The van der Waals surface area contributed by atoms with E-state index in [1.54, 1.807) is 0 Å². The Hall–Kier alpha value is -3.15. The number of carbonyl (C=O) groups is 1. The Bertz CT molecular complexity index is 1320. The fourth-order valence-corrected chi connectivity index (χ4v) is 7.82. The molecule has 6 rings (SSSR count). The van der Waals surface area contributed by atoms with Crippen molar-refractivity contribution in [3.05, 3.63) is 101 Å². The quantitative estimate of drug-likeness (QED) is 0.352. The smallest absolute Gasteiger partial charge is 0.248 e. The number of benzene rings is 3. The Labute approximate surface area is 246 Å². The van der Waals surface area contributed by atoms with Gasteiger partial charge < -0.3 is 10.6 Å². The van der Waals surface area contributed by atoms with Gasteiger partial charge in [0.15, 0.2) is 0 Å². The molecule has 5 nitrogen and oxygen atoms in total. The third-order valence-corrected chi connectivity index (χ3v) is 10.4. The Morgan fingerprint density at radius 1 is 0.829 bits per heavy atom. The first-order valence-electron chi connectivity index (χ1n) is 15.6. The molecule has 0 bridgehead atoms. The van der Waals surface area contributed by atoms with Crippen molar-refractivity contribution in [2.75, 3.05) is 37.6 Å². The third kappa shape index (κ3) is 5.67. The number of primary amides is 1. The molecule has 2 atom stereocenters. The van der Waals surface area contributed by atoms with E-state index in [1.165, 1.54) is 48.1 Å². The number of nitrogens with zero attached hydrogens (tertiary/aromatic N) is 3. The summed E-state index contributed by atoms with van der Waals surface area (Å²) >= 11 is 0. The average Bonchev–Trinajstić information content (AvgIpc) is 3.00. The first-order valence-corrected chi connectivity index (χ1v) is 15.6. The number of rotatable bonds is 7. The maximum Gasteiger partial charge on any atom is 0.248 e. The van der Waals surface area contributed by atoms with E-state index in [1.807, 2.05) is 24.3 Å². The summed E-state index contributed by atoms with van der Waals surface area (Å²) < 4.78 is 0. The van der Waals surface area contributed by atoms with Crippen LogP contribution in [-0.2, 0) is 0 Å². The molecule has 1 saturated carbocycles. The number of piperazine rings is 1. The molecule has 1 amide bonds. The minimum absolute atomic E-state index is 0.362. The van der Waals surface area contributed by atoms with Gasteiger partial charge >= 0.3 is 0 Å². The number of carbonyl (C=O) groups excluding carboxylic acids is 1. The molecule has 1 aliphatic carbocycles. The average molecular weight is 551 g/mol. The number of amides is 1. The summed E-state index contributed by atoms with van der Waals surface area (Å²) in [4.78, 5) is 19.5. The van der Waals surface area contributed by atoms with Crippen LogP contribution < -0.4 is 10.6 Å². The van der Waals surface area contributed by atoms with Crippen LogP contribution in [-0.4, -0.2) is 54.5 Å². The van der Waals surface area contributed by atoms with Gasteiger partial charge in [0.25, 0.3) is 0 Å². The summed E-state index contributed by atoms with van der Waals surface area (Å²) in [5, 5.41) is 0. The normalized spacial score (nSPS) is 22.5. The second kappa shape index (κ2) is 11.6. The number of nitrogens with two attached hydrogens (primary N) is 1. The molecule has 5 heteroatoms.